The van der Waals surface area contributed by atoms with Crippen molar-refractivity contribution >= 4 is 40.3 Å². The first-order chi connectivity index (χ1) is 24.5. The maximum atomic E-state index is 14.2. The summed E-state index contributed by atoms with van der Waals surface area (Å²) in [5.41, 5.74) is 9.05. The molecule has 1 aliphatic carbocycles. The van der Waals surface area contributed by atoms with E-state index in [-0.39, 0.29) is 35.0 Å². The van der Waals surface area contributed by atoms with E-state index in [4.69, 9.17) is 0 Å². The van der Waals surface area contributed by atoms with E-state index in [1.165, 1.54) is 16.1 Å². The van der Waals surface area contributed by atoms with Gasteiger partial charge in [-0.25, -0.2) is 4.98 Å². The van der Waals surface area contributed by atoms with Gasteiger partial charge in [0.05, 0.1) is 22.0 Å². The third-order valence-electron chi connectivity index (χ3n) is 11.1. The highest BCUT2D eigenvalue weighted by molar-refractivity contribution is 7.11. The first kappa shape index (κ1) is 35.1. The lowest BCUT2D eigenvalue weighted by atomic mass is 9.79. The first-order valence-corrected chi connectivity index (χ1v) is 19.3. The number of thiazole rings is 1. The Balaban J connectivity index is 0.917. The summed E-state index contributed by atoms with van der Waals surface area (Å²) in [4.78, 5) is 52.2. The van der Waals surface area contributed by atoms with Crippen molar-refractivity contribution in [3.63, 3.8) is 0 Å². The van der Waals surface area contributed by atoms with E-state index < -0.39 is 6.04 Å². The smallest absolute Gasteiger partial charge is 0.251 e. The molecule has 3 amide bonds. The van der Waals surface area contributed by atoms with Crippen LogP contribution in [-0.4, -0.2) is 84.4 Å². The van der Waals surface area contributed by atoms with E-state index >= 15 is 0 Å². The Bertz CT molecular complexity index is 1830. The van der Waals surface area contributed by atoms with Crippen LogP contribution in [0.3, 0.4) is 0 Å². The number of carbonyl (C=O) groups is 3. The number of hydrogen-bond acceptors (Lipinski definition) is 7. The highest BCUT2D eigenvalue weighted by Crippen LogP contribution is 2.33. The molecule has 0 saturated carbocycles. The predicted octanol–water partition coefficient (Wildman–Crippen LogP) is 5.91. The summed E-state index contributed by atoms with van der Waals surface area (Å²) in [6.07, 6.45) is 9.01. The first-order valence-electron chi connectivity index (χ1n) is 18.4. The largest absolute Gasteiger partial charge is 0.369 e. The van der Waals surface area contributed by atoms with Gasteiger partial charge in [0.15, 0.2) is 0 Å². The molecule has 0 bridgehead atoms. The molecule has 51 heavy (non-hydrogen) atoms. The van der Waals surface area contributed by atoms with Gasteiger partial charge in [-0.1, -0.05) is 63.3 Å². The quantitative estimate of drug-likeness (QED) is 0.287. The van der Waals surface area contributed by atoms with Gasteiger partial charge < -0.3 is 20.4 Å². The minimum Gasteiger partial charge on any atom is -0.369 e. The highest BCUT2D eigenvalue weighted by Gasteiger charge is 2.42. The van der Waals surface area contributed by atoms with Gasteiger partial charge >= 0.3 is 0 Å². The second kappa shape index (κ2) is 14.8. The number of rotatable bonds is 9. The molecule has 1 aromatic heterocycles. The number of likely N-dealkylation sites (tertiary alicyclic amines) is 1. The molecule has 2 fully saturated rings. The van der Waals surface area contributed by atoms with Gasteiger partial charge in [0.1, 0.15) is 6.04 Å². The van der Waals surface area contributed by atoms with Crippen LogP contribution in [0.5, 0.6) is 0 Å². The number of piperazine rings is 1. The lowest BCUT2D eigenvalue weighted by molar-refractivity contribution is -0.145. The van der Waals surface area contributed by atoms with Gasteiger partial charge in [0, 0.05) is 63.6 Å². The Morgan fingerprint density at radius 3 is 2.49 bits per heavy atom. The van der Waals surface area contributed by atoms with Gasteiger partial charge in [-0.15, -0.1) is 11.3 Å². The Morgan fingerprint density at radius 2 is 1.80 bits per heavy atom. The van der Waals surface area contributed by atoms with Crippen molar-refractivity contribution in [3.8, 4) is 11.1 Å². The fourth-order valence-corrected chi connectivity index (χ4v) is 8.67. The number of carbonyl (C=O) groups excluding carboxylic acids is 3. The van der Waals surface area contributed by atoms with Crippen LogP contribution in [-0.2, 0) is 16.1 Å². The topological polar surface area (TPSA) is 97.9 Å². The van der Waals surface area contributed by atoms with Crippen molar-refractivity contribution in [2.24, 2.45) is 17.3 Å². The van der Waals surface area contributed by atoms with E-state index in [1.807, 2.05) is 29.5 Å². The van der Waals surface area contributed by atoms with E-state index in [0.29, 0.717) is 32.6 Å². The maximum Gasteiger partial charge on any atom is 0.251 e. The second-order valence-electron chi connectivity index (χ2n) is 15.5. The van der Waals surface area contributed by atoms with Crippen LogP contribution in [0.1, 0.15) is 66.5 Å². The van der Waals surface area contributed by atoms with Crippen LogP contribution in [0.4, 0.5) is 5.69 Å². The van der Waals surface area contributed by atoms with Gasteiger partial charge in [-0.05, 0) is 78.0 Å². The number of aryl methyl sites for hydroxylation is 1. The minimum absolute atomic E-state index is 0.000601. The lowest BCUT2D eigenvalue weighted by Gasteiger charge is -2.41. The molecule has 3 aromatic rings. The molecule has 268 valence electrons. The van der Waals surface area contributed by atoms with Crippen molar-refractivity contribution in [3.05, 3.63) is 87.9 Å². The van der Waals surface area contributed by atoms with Crippen molar-refractivity contribution in [1.82, 2.24) is 25.4 Å². The standard InChI is InChI=1S/C41H50N6O3S/c1-27-37(51-26-44-27)30-9-7-28(8-10-30)23-42-39(49)36-6-5-17-47(36)40(50)35(41(2,3)4)25-45-18-20-46(21-19-45)33-15-13-29(14-16-33)31-11-12-32-24-43-38(48)34(32)22-31/h7,9-16,22,26,28,35-36H,5-6,8,17-21,23-25H2,1-4H3,(H,42,49)(H,43,48). The SMILES string of the molecule is Cc1ncsc1C1=CCC(CNC(=O)C2CCCN2C(=O)C(CN2CCN(c3ccc(-c4ccc5c(c4)C(=O)NC5)cc3)CC2)C(C)(C)C)C=C1. The molecule has 4 aliphatic rings. The summed E-state index contributed by atoms with van der Waals surface area (Å²) in [5.74, 6) is 0.111. The molecular formula is C41H50N6O3S. The number of amides is 3. The fraction of sp³-hybridized carbons (Fsp3) is 0.463. The minimum atomic E-state index is -0.408. The average Bonchev–Trinajstić information content (AvgIpc) is 3.90. The Kier molecular flexibility index (Phi) is 10.2. The number of nitrogens with zero attached hydrogens (tertiary/aromatic N) is 4. The monoisotopic (exact) mass is 706 g/mol. The normalized spacial score (nSPS) is 21.3. The zero-order valence-electron chi connectivity index (χ0n) is 30.3. The zero-order chi connectivity index (χ0) is 35.7. The molecule has 3 atom stereocenters. The summed E-state index contributed by atoms with van der Waals surface area (Å²) < 4.78 is 0. The molecule has 9 nitrogen and oxygen atoms in total. The number of allylic oxidation sites excluding steroid dienone is 3. The zero-order valence-corrected chi connectivity index (χ0v) is 31.1. The van der Waals surface area contributed by atoms with Crippen molar-refractivity contribution in [1.29, 1.82) is 0 Å². The summed E-state index contributed by atoms with van der Waals surface area (Å²) in [6, 6.07) is 14.3. The molecule has 10 heteroatoms. The Morgan fingerprint density at radius 1 is 1.04 bits per heavy atom. The van der Waals surface area contributed by atoms with E-state index in [9.17, 15) is 14.4 Å². The van der Waals surface area contributed by atoms with Crippen molar-refractivity contribution in [2.45, 2.75) is 59.5 Å². The number of anilines is 1. The molecule has 3 unspecified atom stereocenters. The predicted molar refractivity (Wildman–Crippen MR) is 204 cm³/mol. The van der Waals surface area contributed by atoms with E-state index in [0.717, 1.165) is 67.0 Å². The van der Waals surface area contributed by atoms with Crippen LogP contribution >= 0.6 is 11.3 Å². The summed E-state index contributed by atoms with van der Waals surface area (Å²) in [7, 11) is 0. The van der Waals surface area contributed by atoms with E-state index in [2.05, 4.69) is 94.7 Å². The Labute approximate surface area is 305 Å². The molecule has 2 aromatic carbocycles. The van der Waals surface area contributed by atoms with Gasteiger partial charge in [0.2, 0.25) is 11.8 Å². The van der Waals surface area contributed by atoms with Crippen LogP contribution in [0.2, 0.25) is 0 Å². The number of nitrogens with one attached hydrogen (secondary N) is 2. The third-order valence-corrected chi connectivity index (χ3v) is 12.1. The number of hydrogen-bond donors (Lipinski definition) is 2. The second-order valence-corrected chi connectivity index (χ2v) is 16.4. The van der Waals surface area contributed by atoms with Gasteiger partial charge in [-0.3, -0.25) is 19.3 Å². The number of fused-ring (bicyclic) bond motifs is 1. The molecule has 4 heterocycles. The van der Waals surface area contributed by atoms with E-state index in [1.54, 1.807) is 11.3 Å². The van der Waals surface area contributed by atoms with Crippen molar-refractivity contribution < 1.29 is 14.4 Å². The fourth-order valence-electron chi connectivity index (χ4n) is 7.84. The maximum absolute atomic E-state index is 14.2. The molecule has 2 N–H and O–H groups in total. The van der Waals surface area contributed by atoms with Gasteiger partial charge in [0.25, 0.3) is 5.91 Å². The molecule has 2 saturated heterocycles. The van der Waals surface area contributed by atoms with Gasteiger partial charge in [-0.2, -0.15) is 0 Å². The van der Waals surface area contributed by atoms with Crippen LogP contribution in [0.15, 0.2) is 66.2 Å². The molecule has 3 aliphatic heterocycles. The lowest BCUT2D eigenvalue weighted by Crippen LogP contribution is -2.54. The van der Waals surface area contributed by atoms with Crippen LogP contribution in [0.25, 0.3) is 16.7 Å². The van der Waals surface area contributed by atoms with Crippen LogP contribution in [0, 0.1) is 24.2 Å². The number of benzene rings is 2. The third kappa shape index (κ3) is 7.67. The molecule has 7 rings (SSSR count). The van der Waals surface area contributed by atoms with Crippen molar-refractivity contribution in [2.75, 3.05) is 50.7 Å². The molecule has 0 radical (unpaired) electrons. The molecule has 0 spiro atoms. The summed E-state index contributed by atoms with van der Waals surface area (Å²) >= 11 is 1.66. The highest BCUT2D eigenvalue weighted by atomic mass is 32.1. The summed E-state index contributed by atoms with van der Waals surface area (Å²) in [6.45, 7) is 14.5. The Hall–Kier alpha value is -4.28. The number of aromatic nitrogens is 1. The molecular weight excluding hydrogens is 657 g/mol. The average molecular weight is 707 g/mol. The summed E-state index contributed by atoms with van der Waals surface area (Å²) in [5, 5.41) is 6.08. The van der Waals surface area contributed by atoms with Crippen LogP contribution < -0.4 is 15.5 Å².